The minimum Gasteiger partial charge on any atom is -0.317 e. The molecular weight excluding hydrogens is 234 g/mol. The second-order valence-corrected chi connectivity index (χ2v) is 6.82. The number of hydrogen-bond acceptors (Lipinski definition) is 3. The van der Waals surface area contributed by atoms with E-state index in [2.05, 4.69) is 29.2 Å². The summed E-state index contributed by atoms with van der Waals surface area (Å²) in [7, 11) is 4.57. The van der Waals surface area contributed by atoms with Crippen LogP contribution in [-0.4, -0.2) is 63.2 Å². The van der Waals surface area contributed by atoms with Gasteiger partial charge in [0.05, 0.1) is 0 Å². The van der Waals surface area contributed by atoms with Gasteiger partial charge in [0.2, 0.25) is 0 Å². The zero-order valence-electron chi connectivity index (χ0n) is 13.0. The quantitative estimate of drug-likeness (QED) is 0.794. The summed E-state index contributed by atoms with van der Waals surface area (Å²) in [6.45, 7) is 7.71. The highest BCUT2D eigenvalue weighted by Crippen LogP contribution is 2.20. The van der Waals surface area contributed by atoms with Crippen molar-refractivity contribution in [1.29, 1.82) is 0 Å². The molecule has 19 heavy (non-hydrogen) atoms. The first-order valence-corrected chi connectivity index (χ1v) is 8.32. The van der Waals surface area contributed by atoms with E-state index in [-0.39, 0.29) is 0 Å². The fourth-order valence-corrected chi connectivity index (χ4v) is 3.44. The third-order valence-electron chi connectivity index (χ3n) is 5.13. The molecule has 0 aromatic heterocycles. The molecule has 3 heteroatoms. The molecule has 0 amide bonds. The molecule has 0 atom stereocenters. The first kappa shape index (κ1) is 15.3. The van der Waals surface area contributed by atoms with Gasteiger partial charge in [0, 0.05) is 0 Å². The Morgan fingerprint density at radius 1 is 0.947 bits per heavy atom. The Morgan fingerprint density at radius 3 is 2.05 bits per heavy atom. The fourth-order valence-electron chi connectivity index (χ4n) is 3.44. The molecule has 0 radical (unpaired) electrons. The van der Waals surface area contributed by atoms with Crippen LogP contribution in [0.4, 0.5) is 0 Å². The Balaban J connectivity index is 1.52. The Bertz CT molecular complexity index is 230. The predicted octanol–water partition coefficient (Wildman–Crippen LogP) is 2.04. The molecule has 1 N–H and O–H groups in total. The Hall–Kier alpha value is -0.120. The van der Waals surface area contributed by atoms with Crippen LogP contribution in [0, 0.1) is 11.8 Å². The molecule has 2 aliphatic rings. The first-order valence-electron chi connectivity index (χ1n) is 8.32. The van der Waals surface area contributed by atoms with Crippen LogP contribution >= 0.6 is 0 Å². The molecule has 0 unspecified atom stereocenters. The van der Waals surface area contributed by atoms with Crippen LogP contribution < -0.4 is 5.32 Å². The highest BCUT2D eigenvalue weighted by atomic mass is 15.1. The van der Waals surface area contributed by atoms with Gasteiger partial charge in [-0.15, -0.1) is 0 Å². The average molecular weight is 267 g/mol. The molecule has 2 heterocycles. The van der Waals surface area contributed by atoms with E-state index in [4.69, 9.17) is 0 Å². The van der Waals surface area contributed by atoms with Gasteiger partial charge in [-0.1, -0.05) is 0 Å². The maximum atomic E-state index is 3.46. The van der Waals surface area contributed by atoms with Crippen molar-refractivity contribution in [2.75, 3.05) is 53.4 Å². The van der Waals surface area contributed by atoms with Gasteiger partial charge < -0.3 is 15.1 Å². The van der Waals surface area contributed by atoms with E-state index < -0.39 is 0 Å². The Kier molecular flexibility index (Phi) is 6.62. The highest BCUT2D eigenvalue weighted by molar-refractivity contribution is 4.72. The van der Waals surface area contributed by atoms with Crippen molar-refractivity contribution in [1.82, 2.24) is 15.1 Å². The second-order valence-electron chi connectivity index (χ2n) is 6.82. The number of likely N-dealkylation sites (tertiary alicyclic amines) is 1. The molecule has 112 valence electrons. The summed E-state index contributed by atoms with van der Waals surface area (Å²) < 4.78 is 0. The van der Waals surface area contributed by atoms with Gasteiger partial charge in [-0.2, -0.15) is 0 Å². The Morgan fingerprint density at radius 2 is 1.47 bits per heavy atom. The lowest BCUT2D eigenvalue weighted by atomic mass is 9.93. The van der Waals surface area contributed by atoms with E-state index in [1.54, 1.807) is 0 Å². The van der Waals surface area contributed by atoms with Crippen molar-refractivity contribution in [3.63, 3.8) is 0 Å². The van der Waals surface area contributed by atoms with E-state index in [1.807, 2.05) is 0 Å². The van der Waals surface area contributed by atoms with E-state index in [9.17, 15) is 0 Å². The van der Waals surface area contributed by atoms with Gasteiger partial charge in [-0.3, -0.25) is 0 Å². The SMILES string of the molecule is CN(CCC1CCNCC1)CCC1CCN(C)CC1. The van der Waals surface area contributed by atoms with Crippen LogP contribution in [0.15, 0.2) is 0 Å². The van der Waals surface area contributed by atoms with Crippen molar-refractivity contribution in [3.8, 4) is 0 Å². The summed E-state index contributed by atoms with van der Waals surface area (Å²) >= 11 is 0. The summed E-state index contributed by atoms with van der Waals surface area (Å²) in [4.78, 5) is 5.04. The zero-order valence-corrected chi connectivity index (χ0v) is 13.0. The molecule has 0 aromatic carbocycles. The molecule has 0 aliphatic carbocycles. The van der Waals surface area contributed by atoms with Gasteiger partial charge in [-0.25, -0.2) is 0 Å². The number of piperidine rings is 2. The second kappa shape index (κ2) is 8.23. The topological polar surface area (TPSA) is 18.5 Å². The standard InChI is InChI=1S/C16H33N3/c1-18(11-5-15-3-9-17-10-4-15)12-6-16-7-13-19(2)14-8-16/h15-17H,3-14H2,1-2H3. The molecule has 3 nitrogen and oxygen atoms in total. The molecule has 0 bridgehead atoms. The van der Waals surface area contributed by atoms with E-state index in [1.165, 1.54) is 77.8 Å². The average Bonchev–Trinajstić information content (AvgIpc) is 2.45. The fraction of sp³-hybridized carbons (Fsp3) is 1.00. The molecule has 2 saturated heterocycles. The van der Waals surface area contributed by atoms with Crippen molar-refractivity contribution in [2.45, 2.75) is 38.5 Å². The molecule has 0 spiro atoms. The summed E-state index contributed by atoms with van der Waals surface area (Å²) in [6, 6.07) is 0. The molecule has 2 aliphatic heterocycles. The van der Waals surface area contributed by atoms with Crippen LogP contribution in [0.25, 0.3) is 0 Å². The maximum Gasteiger partial charge on any atom is -0.00191 e. The third kappa shape index (κ3) is 5.80. The van der Waals surface area contributed by atoms with Crippen LogP contribution in [0.2, 0.25) is 0 Å². The lowest BCUT2D eigenvalue weighted by molar-refractivity contribution is 0.191. The minimum atomic E-state index is 0.979. The molecule has 2 rings (SSSR count). The molecule has 2 fully saturated rings. The van der Waals surface area contributed by atoms with Crippen molar-refractivity contribution in [3.05, 3.63) is 0 Å². The number of nitrogens with one attached hydrogen (secondary N) is 1. The monoisotopic (exact) mass is 267 g/mol. The first-order chi connectivity index (χ1) is 9.24. The van der Waals surface area contributed by atoms with Crippen LogP contribution in [-0.2, 0) is 0 Å². The predicted molar refractivity (Wildman–Crippen MR) is 82.5 cm³/mol. The van der Waals surface area contributed by atoms with Crippen molar-refractivity contribution in [2.24, 2.45) is 11.8 Å². The van der Waals surface area contributed by atoms with Crippen molar-refractivity contribution < 1.29 is 0 Å². The van der Waals surface area contributed by atoms with Crippen LogP contribution in [0.3, 0.4) is 0 Å². The smallest absolute Gasteiger partial charge is 0.00191 e. The summed E-state index contributed by atoms with van der Waals surface area (Å²) in [5.74, 6) is 1.96. The van der Waals surface area contributed by atoms with Crippen LogP contribution in [0.5, 0.6) is 0 Å². The van der Waals surface area contributed by atoms with E-state index in [0.29, 0.717) is 0 Å². The molecular formula is C16H33N3. The van der Waals surface area contributed by atoms with Crippen molar-refractivity contribution >= 4 is 0 Å². The lowest BCUT2D eigenvalue weighted by Crippen LogP contribution is -2.33. The molecule has 0 aromatic rings. The van der Waals surface area contributed by atoms with Gasteiger partial charge in [-0.05, 0) is 104 Å². The lowest BCUT2D eigenvalue weighted by Gasteiger charge is -2.30. The van der Waals surface area contributed by atoms with Gasteiger partial charge in [0.15, 0.2) is 0 Å². The van der Waals surface area contributed by atoms with Gasteiger partial charge >= 0.3 is 0 Å². The number of nitrogens with zero attached hydrogens (tertiary/aromatic N) is 2. The zero-order chi connectivity index (χ0) is 13.5. The molecule has 0 saturated carbocycles. The number of hydrogen-bond donors (Lipinski definition) is 1. The maximum absolute atomic E-state index is 3.46. The summed E-state index contributed by atoms with van der Waals surface area (Å²) in [6.07, 6.45) is 8.44. The van der Waals surface area contributed by atoms with Gasteiger partial charge in [0.25, 0.3) is 0 Å². The number of rotatable bonds is 6. The highest BCUT2D eigenvalue weighted by Gasteiger charge is 2.17. The minimum absolute atomic E-state index is 0.979. The van der Waals surface area contributed by atoms with E-state index in [0.717, 1.165) is 11.8 Å². The third-order valence-corrected chi connectivity index (χ3v) is 5.13. The largest absolute Gasteiger partial charge is 0.317 e. The normalized spacial score (nSPS) is 24.2. The summed E-state index contributed by atoms with van der Waals surface area (Å²) in [5.41, 5.74) is 0. The van der Waals surface area contributed by atoms with E-state index >= 15 is 0 Å². The van der Waals surface area contributed by atoms with Crippen LogP contribution in [0.1, 0.15) is 38.5 Å². The Labute approximate surface area is 119 Å². The van der Waals surface area contributed by atoms with Gasteiger partial charge in [0.1, 0.15) is 0 Å². The summed E-state index contributed by atoms with van der Waals surface area (Å²) in [5, 5.41) is 3.46.